The van der Waals surface area contributed by atoms with E-state index in [4.69, 9.17) is 10.2 Å². The molecule has 7 nitrogen and oxygen atoms in total. The van der Waals surface area contributed by atoms with E-state index in [0.717, 1.165) is 48.1 Å². The molecule has 49 heavy (non-hydrogen) atoms. The minimum atomic E-state index is -1.12. The SMILES string of the molecule is Cc1cc(C(=O)O)cc(C(=O)O)c1.Cc1ccccc1C(=O)Nc1ccc(C(=O)C2=c3ccc4c(c3CCC2)CC=c2ccccc2=4)cc1. The first-order valence-electron chi connectivity index (χ1n) is 16.1. The molecule has 0 saturated carbocycles. The molecular weight excluding hydrogens is 614 g/mol. The van der Waals surface area contributed by atoms with E-state index in [1.165, 1.54) is 38.9 Å². The van der Waals surface area contributed by atoms with E-state index in [9.17, 15) is 19.2 Å². The number of fused-ring (bicyclic) bond motifs is 4. The van der Waals surface area contributed by atoms with Gasteiger partial charge in [-0.05, 0) is 131 Å². The van der Waals surface area contributed by atoms with Crippen LogP contribution in [0.3, 0.4) is 0 Å². The van der Waals surface area contributed by atoms with E-state index >= 15 is 0 Å². The minimum Gasteiger partial charge on any atom is -0.478 e. The highest BCUT2D eigenvalue weighted by atomic mass is 16.4. The van der Waals surface area contributed by atoms with Crippen LogP contribution in [0.15, 0.2) is 103 Å². The van der Waals surface area contributed by atoms with Gasteiger partial charge in [0.15, 0.2) is 5.78 Å². The summed E-state index contributed by atoms with van der Waals surface area (Å²) < 4.78 is 0. The van der Waals surface area contributed by atoms with Crippen LogP contribution in [-0.2, 0) is 12.8 Å². The monoisotopic (exact) mass is 649 g/mol. The molecule has 0 bridgehead atoms. The molecule has 2 aliphatic carbocycles. The molecule has 0 heterocycles. The van der Waals surface area contributed by atoms with E-state index < -0.39 is 11.9 Å². The number of carbonyl (C=O) groups excluding carboxylic acids is 2. The minimum absolute atomic E-state index is 0.00241. The maximum atomic E-state index is 13.6. The summed E-state index contributed by atoms with van der Waals surface area (Å²) in [6.07, 6.45) is 5.99. The Labute approximate surface area is 283 Å². The summed E-state index contributed by atoms with van der Waals surface area (Å²) in [4.78, 5) is 47.3. The topological polar surface area (TPSA) is 121 Å². The van der Waals surface area contributed by atoms with Crippen LogP contribution in [0.2, 0.25) is 0 Å². The third-order valence-electron chi connectivity index (χ3n) is 9.03. The van der Waals surface area contributed by atoms with Gasteiger partial charge in [-0.1, -0.05) is 60.7 Å². The summed E-state index contributed by atoms with van der Waals surface area (Å²) >= 11 is 0. The van der Waals surface area contributed by atoms with Gasteiger partial charge in [-0.3, -0.25) is 9.59 Å². The van der Waals surface area contributed by atoms with Crippen molar-refractivity contribution in [3.8, 4) is 0 Å². The molecule has 0 unspecified atom stereocenters. The summed E-state index contributed by atoms with van der Waals surface area (Å²) in [6.45, 7) is 3.57. The smallest absolute Gasteiger partial charge is 0.335 e. The lowest BCUT2D eigenvalue weighted by molar-refractivity contribution is 0.0696. The molecule has 244 valence electrons. The number of carboxylic acids is 2. The number of nitrogens with one attached hydrogen (secondary N) is 1. The number of rotatable bonds is 6. The number of anilines is 1. The van der Waals surface area contributed by atoms with Crippen LogP contribution in [0.25, 0.3) is 11.6 Å². The number of ketones is 1. The number of benzene rings is 5. The Morgan fingerprint density at radius 2 is 1.29 bits per heavy atom. The van der Waals surface area contributed by atoms with E-state index in [0.29, 0.717) is 22.4 Å². The van der Waals surface area contributed by atoms with Crippen molar-refractivity contribution in [1.29, 1.82) is 0 Å². The molecular formula is C42H35NO6. The van der Waals surface area contributed by atoms with Crippen molar-refractivity contribution >= 4 is 41.0 Å². The molecule has 2 aliphatic rings. The molecule has 7 heteroatoms. The lowest BCUT2D eigenvalue weighted by Crippen LogP contribution is -2.25. The summed E-state index contributed by atoms with van der Waals surface area (Å²) in [5.74, 6) is -2.31. The fraction of sp³-hybridized carbons (Fsp3) is 0.143. The predicted octanol–water partition coefficient (Wildman–Crippen LogP) is 6.63. The molecule has 0 fully saturated rings. The number of hydrogen-bond acceptors (Lipinski definition) is 4. The fourth-order valence-electron chi connectivity index (χ4n) is 6.63. The number of hydrogen-bond donors (Lipinski definition) is 3. The zero-order chi connectivity index (χ0) is 34.7. The molecule has 0 radical (unpaired) electrons. The number of aryl methyl sites for hydroxylation is 2. The summed E-state index contributed by atoms with van der Waals surface area (Å²) in [5.41, 5.74) is 7.12. The van der Waals surface area contributed by atoms with Gasteiger partial charge in [0, 0.05) is 22.4 Å². The second-order valence-corrected chi connectivity index (χ2v) is 12.3. The van der Waals surface area contributed by atoms with E-state index in [1.54, 1.807) is 6.92 Å². The highest BCUT2D eigenvalue weighted by Gasteiger charge is 2.21. The summed E-state index contributed by atoms with van der Waals surface area (Å²) in [7, 11) is 0. The number of Topliss-reactive ketones (excluding diaryl/α,β-unsaturated/α-hetero) is 1. The van der Waals surface area contributed by atoms with Crippen LogP contribution in [0.1, 0.15) is 76.5 Å². The van der Waals surface area contributed by atoms with E-state index in [2.05, 4.69) is 47.8 Å². The van der Waals surface area contributed by atoms with E-state index in [-0.39, 0.29) is 22.8 Å². The standard InChI is InChI=1S/C33H27NO2.C9H8O4/c1-21-7-2-4-9-25(21)33(36)34-24-16-13-23(14-17-24)32(35)31-12-6-11-27-29-18-15-22-8-3-5-10-26(22)28(29)19-20-30(27)31;1-5-2-6(8(10)11)4-7(3-5)9(12)13/h2-5,7-10,13-17,19-20H,6,11-12,18H2,1H3,(H,34,36);2-4H,1H3,(H,10,11)(H,12,13). The van der Waals surface area contributed by atoms with Crippen molar-refractivity contribution in [2.45, 2.75) is 39.5 Å². The molecule has 0 atom stereocenters. The van der Waals surface area contributed by atoms with Crippen LogP contribution in [0.4, 0.5) is 5.69 Å². The number of aromatic carboxylic acids is 2. The second kappa shape index (κ2) is 14.0. The average Bonchev–Trinajstić information content (AvgIpc) is 3.11. The Morgan fingerprint density at radius 3 is 1.98 bits per heavy atom. The lowest BCUT2D eigenvalue weighted by atomic mass is 9.84. The molecule has 5 aromatic rings. The van der Waals surface area contributed by atoms with Crippen LogP contribution < -0.4 is 15.8 Å². The number of amides is 1. The van der Waals surface area contributed by atoms with Crippen LogP contribution in [0.5, 0.6) is 0 Å². The Balaban J connectivity index is 0.000000271. The summed E-state index contributed by atoms with van der Waals surface area (Å²) in [5, 5.41) is 25.2. The lowest BCUT2D eigenvalue weighted by Gasteiger charge is -2.20. The molecule has 0 aromatic heterocycles. The largest absolute Gasteiger partial charge is 0.478 e. The molecule has 0 spiro atoms. The van der Waals surface area contributed by atoms with Crippen molar-refractivity contribution in [1.82, 2.24) is 0 Å². The van der Waals surface area contributed by atoms with Crippen LogP contribution >= 0.6 is 0 Å². The molecule has 7 rings (SSSR count). The maximum absolute atomic E-state index is 13.6. The second-order valence-electron chi connectivity index (χ2n) is 12.3. The Hall–Kier alpha value is -6.08. The van der Waals surface area contributed by atoms with Crippen molar-refractivity contribution in [3.63, 3.8) is 0 Å². The van der Waals surface area contributed by atoms with Gasteiger partial charge in [0.2, 0.25) is 0 Å². The van der Waals surface area contributed by atoms with Gasteiger partial charge in [-0.25, -0.2) is 9.59 Å². The van der Waals surface area contributed by atoms with Crippen LogP contribution in [0, 0.1) is 24.3 Å². The first-order valence-corrected chi connectivity index (χ1v) is 16.1. The van der Waals surface area contributed by atoms with Gasteiger partial charge in [0.25, 0.3) is 5.91 Å². The van der Waals surface area contributed by atoms with Gasteiger partial charge in [-0.15, -0.1) is 0 Å². The fourth-order valence-corrected chi connectivity index (χ4v) is 6.63. The number of carboxylic acid groups (broad SMARTS) is 2. The van der Waals surface area contributed by atoms with Gasteiger partial charge in [0.05, 0.1) is 11.1 Å². The normalized spacial score (nSPS) is 12.6. The zero-order valence-corrected chi connectivity index (χ0v) is 27.2. The third kappa shape index (κ3) is 6.97. The van der Waals surface area contributed by atoms with Crippen molar-refractivity contribution < 1.29 is 29.4 Å². The van der Waals surface area contributed by atoms with Crippen LogP contribution in [-0.4, -0.2) is 33.8 Å². The Bertz CT molecular complexity index is 2340. The third-order valence-corrected chi connectivity index (χ3v) is 9.03. The highest BCUT2D eigenvalue weighted by molar-refractivity contribution is 6.24. The maximum Gasteiger partial charge on any atom is 0.335 e. The first-order chi connectivity index (χ1) is 23.6. The quantitative estimate of drug-likeness (QED) is 0.178. The molecule has 3 N–H and O–H groups in total. The van der Waals surface area contributed by atoms with Gasteiger partial charge in [0.1, 0.15) is 0 Å². The molecule has 1 amide bonds. The van der Waals surface area contributed by atoms with Gasteiger partial charge in [-0.2, -0.15) is 0 Å². The zero-order valence-electron chi connectivity index (χ0n) is 27.2. The van der Waals surface area contributed by atoms with Crippen molar-refractivity contribution in [3.05, 3.63) is 169 Å². The number of carbonyl (C=O) groups is 4. The van der Waals surface area contributed by atoms with Crippen molar-refractivity contribution in [2.75, 3.05) is 5.32 Å². The van der Waals surface area contributed by atoms with Gasteiger partial charge >= 0.3 is 11.9 Å². The highest BCUT2D eigenvalue weighted by Crippen LogP contribution is 2.24. The summed E-state index contributed by atoms with van der Waals surface area (Å²) in [6, 6.07) is 31.6. The molecule has 0 aliphatic heterocycles. The Morgan fingerprint density at radius 1 is 0.633 bits per heavy atom. The molecule has 5 aromatic carbocycles. The predicted molar refractivity (Wildman–Crippen MR) is 189 cm³/mol. The average molecular weight is 650 g/mol. The molecule has 0 saturated heterocycles. The first kappa shape index (κ1) is 32.8. The van der Waals surface area contributed by atoms with E-state index in [1.807, 2.05) is 55.5 Å². The Kier molecular flexibility index (Phi) is 9.35. The van der Waals surface area contributed by atoms with Gasteiger partial charge < -0.3 is 15.5 Å². The van der Waals surface area contributed by atoms with Crippen molar-refractivity contribution in [2.24, 2.45) is 0 Å².